The second kappa shape index (κ2) is 11.1. The van der Waals surface area contributed by atoms with Crippen molar-refractivity contribution >= 4 is 0 Å². The normalized spacial score (nSPS) is 17.4. The van der Waals surface area contributed by atoms with E-state index in [1.54, 1.807) is 0 Å². The third-order valence-corrected chi connectivity index (χ3v) is 6.01. The van der Waals surface area contributed by atoms with Crippen LogP contribution < -0.4 is 5.32 Å². The van der Waals surface area contributed by atoms with Crippen molar-refractivity contribution in [2.75, 3.05) is 19.8 Å². The Morgan fingerprint density at radius 2 is 1.35 bits per heavy atom. The van der Waals surface area contributed by atoms with Gasteiger partial charge < -0.3 is 15.2 Å². The van der Waals surface area contributed by atoms with Crippen LogP contribution >= 0.6 is 0 Å². The molecule has 0 aliphatic carbocycles. The van der Waals surface area contributed by atoms with E-state index in [1.165, 1.54) is 22.3 Å². The first-order valence-corrected chi connectivity index (χ1v) is 11.2. The number of aliphatic hydroxyl groups excluding tert-OH is 1. The average Bonchev–Trinajstić information content (AvgIpc) is 2.84. The summed E-state index contributed by atoms with van der Waals surface area (Å²) in [4.78, 5) is 0. The van der Waals surface area contributed by atoms with Gasteiger partial charge in [-0.15, -0.1) is 0 Å². The molecule has 3 heteroatoms. The van der Waals surface area contributed by atoms with Gasteiger partial charge in [0.25, 0.3) is 0 Å². The summed E-state index contributed by atoms with van der Waals surface area (Å²) in [5.41, 5.74) is 4.92. The third kappa shape index (κ3) is 5.71. The number of benzene rings is 3. The number of rotatable bonds is 9. The van der Waals surface area contributed by atoms with Gasteiger partial charge in [0.05, 0.1) is 13.2 Å². The van der Waals surface area contributed by atoms with Gasteiger partial charge in [0.1, 0.15) is 6.10 Å². The van der Waals surface area contributed by atoms with Gasteiger partial charge in [-0.3, -0.25) is 0 Å². The first kappa shape index (κ1) is 21.5. The van der Waals surface area contributed by atoms with Crippen LogP contribution in [0.2, 0.25) is 0 Å². The van der Waals surface area contributed by atoms with Gasteiger partial charge in [-0.05, 0) is 36.1 Å². The van der Waals surface area contributed by atoms with Crippen LogP contribution in [0.25, 0.3) is 0 Å². The third-order valence-electron chi connectivity index (χ3n) is 6.01. The Hall–Kier alpha value is -2.72. The molecule has 31 heavy (non-hydrogen) atoms. The molecule has 0 fully saturated rings. The van der Waals surface area contributed by atoms with Crippen LogP contribution in [0.4, 0.5) is 0 Å². The molecular formula is C28H31NO2. The van der Waals surface area contributed by atoms with Gasteiger partial charge in [0.2, 0.25) is 0 Å². The summed E-state index contributed by atoms with van der Waals surface area (Å²) >= 11 is 0. The molecule has 4 rings (SSSR count). The van der Waals surface area contributed by atoms with Gasteiger partial charge >= 0.3 is 0 Å². The summed E-state index contributed by atoms with van der Waals surface area (Å²) in [6, 6.07) is 31.3. The van der Waals surface area contributed by atoms with E-state index in [4.69, 9.17) is 4.74 Å². The lowest BCUT2D eigenvalue weighted by molar-refractivity contribution is 0.0819. The highest BCUT2D eigenvalue weighted by Crippen LogP contribution is 2.28. The maximum atomic E-state index is 10.0. The maximum Gasteiger partial charge on any atom is 0.108 e. The van der Waals surface area contributed by atoms with Gasteiger partial charge in [-0.1, -0.05) is 103 Å². The van der Waals surface area contributed by atoms with E-state index < -0.39 is 0 Å². The SMILES string of the molecule is OCC(c1ccccc1)[C@H]1C=C(CCOC(c2ccccc2)c2ccccc2)CCN1. The molecule has 1 unspecified atom stereocenters. The molecule has 0 saturated heterocycles. The highest BCUT2D eigenvalue weighted by atomic mass is 16.5. The molecule has 0 amide bonds. The Labute approximate surface area is 185 Å². The van der Waals surface area contributed by atoms with Crippen LogP contribution in [0.3, 0.4) is 0 Å². The van der Waals surface area contributed by atoms with E-state index in [9.17, 15) is 5.11 Å². The zero-order chi connectivity index (χ0) is 21.3. The number of hydrogen-bond donors (Lipinski definition) is 2. The van der Waals surface area contributed by atoms with Crippen molar-refractivity contribution in [2.24, 2.45) is 0 Å². The molecule has 2 N–H and O–H groups in total. The molecule has 3 aromatic carbocycles. The Morgan fingerprint density at radius 3 is 1.90 bits per heavy atom. The summed E-state index contributed by atoms with van der Waals surface area (Å²) in [5.74, 6) is 0.0683. The summed E-state index contributed by atoms with van der Waals surface area (Å²) in [6.45, 7) is 1.73. The van der Waals surface area contributed by atoms with Crippen LogP contribution in [-0.4, -0.2) is 30.9 Å². The van der Waals surface area contributed by atoms with Crippen LogP contribution in [0.15, 0.2) is 103 Å². The lowest BCUT2D eigenvalue weighted by atomic mass is 9.88. The predicted octanol–water partition coefficient (Wildman–Crippen LogP) is 5.25. The van der Waals surface area contributed by atoms with Crippen molar-refractivity contribution in [3.8, 4) is 0 Å². The highest BCUT2D eigenvalue weighted by Gasteiger charge is 2.23. The van der Waals surface area contributed by atoms with Crippen LogP contribution in [0, 0.1) is 0 Å². The van der Waals surface area contributed by atoms with E-state index in [-0.39, 0.29) is 24.7 Å². The number of hydrogen-bond acceptors (Lipinski definition) is 3. The van der Waals surface area contributed by atoms with Crippen molar-refractivity contribution in [2.45, 2.75) is 30.9 Å². The smallest absolute Gasteiger partial charge is 0.108 e. The van der Waals surface area contributed by atoms with Crippen molar-refractivity contribution in [3.63, 3.8) is 0 Å². The standard InChI is InChI=1S/C28H31NO2/c30-21-26(23-10-4-1-5-11-23)27-20-22(16-18-29-27)17-19-31-28(24-12-6-2-7-13-24)25-14-8-3-9-15-25/h1-15,20,26-30H,16-19,21H2/t26?,27-/m1/s1. The summed E-state index contributed by atoms with van der Waals surface area (Å²) < 4.78 is 6.41. The zero-order valence-corrected chi connectivity index (χ0v) is 17.9. The largest absolute Gasteiger partial charge is 0.396 e. The molecule has 1 heterocycles. The van der Waals surface area contributed by atoms with Gasteiger partial charge in [-0.25, -0.2) is 0 Å². The van der Waals surface area contributed by atoms with Gasteiger partial charge in [-0.2, -0.15) is 0 Å². The maximum absolute atomic E-state index is 10.0. The second-order valence-electron chi connectivity index (χ2n) is 8.08. The zero-order valence-electron chi connectivity index (χ0n) is 17.9. The Morgan fingerprint density at radius 1 is 0.806 bits per heavy atom. The topological polar surface area (TPSA) is 41.5 Å². The van der Waals surface area contributed by atoms with Gasteiger partial charge in [0, 0.05) is 12.0 Å². The van der Waals surface area contributed by atoms with Crippen molar-refractivity contribution in [3.05, 3.63) is 119 Å². The minimum absolute atomic E-state index is 0.0602. The molecule has 0 aromatic heterocycles. The van der Waals surface area contributed by atoms with E-state index >= 15 is 0 Å². The molecule has 3 aromatic rings. The van der Waals surface area contributed by atoms with Crippen LogP contribution in [-0.2, 0) is 4.74 Å². The molecule has 0 bridgehead atoms. The van der Waals surface area contributed by atoms with E-state index in [0.29, 0.717) is 6.61 Å². The predicted molar refractivity (Wildman–Crippen MR) is 126 cm³/mol. The lowest BCUT2D eigenvalue weighted by Crippen LogP contribution is -2.38. The fraction of sp³-hybridized carbons (Fsp3) is 0.286. The quantitative estimate of drug-likeness (QED) is 0.471. The molecule has 1 aliphatic rings. The van der Waals surface area contributed by atoms with Gasteiger partial charge in [0.15, 0.2) is 0 Å². The molecule has 2 atom stereocenters. The van der Waals surface area contributed by atoms with E-state index in [2.05, 4.69) is 72.1 Å². The first-order valence-electron chi connectivity index (χ1n) is 11.2. The average molecular weight is 414 g/mol. The summed E-state index contributed by atoms with van der Waals surface area (Å²) in [5, 5.41) is 13.6. The molecule has 3 nitrogen and oxygen atoms in total. The molecule has 0 spiro atoms. The number of nitrogens with one attached hydrogen (secondary N) is 1. The monoisotopic (exact) mass is 413 g/mol. The van der Waals surface area contributed by atoms with E-state index in [0.717, 1.165) is 19.4 Å². The molecule has 0 radical (unpaired) electrons. The second-order valence-corrected chi connectivity index (χ2v) is 8.08. The fourth-order valence-electron chi connectivity index (χ4n) is 4.34. The lowest BCUT2D eigenvalue weighted by Gasteiger charge is -2.29. The molecular weight excluding hydrogens is 382 g/mol. The van der Waals surface area contributed by atoms with Crippen LogP contribution in [0.5, 0.6) is 0 Å². The Kier molecular flexibility index (Phi) is 7.67. The van der Waals surface area contributed by atoms with Crippen molar-refractivity contribution < 1.29 is 9.84 Å². The molecule has 160 valence electrons. The minimum Gasteiger partial charge on any atom is -0.396 e. The van der Waals surface area contributed by atoms with Crippen molar-refractivity contribution in [1.82, 2.24) is 5.32 Å². The summed E-state index contributed by atoms with van der Waals surface area (Å²) in [7, 11) is 0. The minimum atomic E-state index is -0.0602. The van der Waals surface area contributed by atoms with Crippen molar-refractivity contribution in [1.29, 1.82) is 0 Å². The van der Waals surface area contributed by atoms with E-state index in [1.807, 2.05) is 30.3 Å². The Bertz CT molecular complexity index is 901. The van der Waals surface area contributed by atoms with Crippen LogP contribution in [0.1, 0.15) is 41.6 Å². The fourth-order valence-corrected chi connectivity index (χ4v) is 4.34. The molecule has 1 aliphatic heterocycles. The Balaban J connectivity index is 1.42. The molecule has 0 saturated carbocycles. The first-order chi connectivity index (χ1) is 15.3. The highest BCUT2D eigenvalue weighted by molar-refractivity contribution is 5.30. The summed E-state index contributed by atoms with van der Waals surface area (Å²) in [6.07, 6.45) is 4.17. The number of aliphatic hydroxyl groups is 1. The number of ether oxygens (including phenoxy) is 1.